The number of rotatable bonds is 2. The lowest BCUT2D eigenvalue weighted by Crippen LogP contribution is -2.23. The Morgan fingerprint density at radius 1 is 1.67 bits per heavy atom. The smallest absolute Gasteiger partial charge is 0.327 e. The molecule has 2 unspecified atom stereocenters. The predicted octanol–water partition coefficient (Wildman–Crippen LogP) is 1.30. The van der Waals surface area contributed by atoms with E-state index in [1.165, 1.54) is 6.08 Å². The van der Waals surface area contributed by atoms with Gasteiger partial charge in [0.1, 0.15) is 0 Å². The van der Waals surface area contributed by atoms with E-state index in [-0.39, 0.29) is 0 Å². The molecule has 0 radical (unpaired) electrons. The second-order valence-electron chi connectivity index (χ2n) is 3.20. The van der Waals surface area contributed by atoms with Crippen LogP contribution in [0.3, 0.4) is 0 Å². The molecule has 0 aromatic carbocycles. The molecule has 0 aromatic rings. The first-order chi connectivity index (χ1) is 5.70. The van der Waals surface area contributed by atoms with E-state index in [0.717, 1.165) is 19.6 Å². The van der Waals surface area contributed by atoms with Gasteiger partial charge in [-0.1, -0.05) is 13.0 Å². The van der Waals surface area contributed by atoms with E-state index in [4.69, 9.17) is 9.84 Å². The van der Waals surface area contributed by atoms with E-state index >= 15 is 0 Å². The number of hydrogen-bond donors (Lipinski definition) is 1. The third-order valence-electron chi connectivity index (χ3n) is 2.19. The van der Waals surface area contributed by atoms with Crippen LogP contribution >= 0.6 is 0 Å². The van der Waals surface area contributed by atoms with Crippen molar-refractivity contribution in [3.05, 3.63) is 12.2 Å². The van der Waals surface area contributed by atoms with Gasteiger partial charge in [0.05, 0.1) is 0 Å². The highest BCUT2D eigenvalue weighted by atomic mass is 16.5. The van der Waals surface area contributed by atoms with Crippen LogP contribution in [-0.2, 0) is 9.53 Å². The predicted molar refractivity (Wildman–Crippen MR) is 44.9 cm³/mol. The molecule has 0 aromatic heterocycles. The molecule has 0 amide bonds. The normalized spacial score (nSPS) is 30.8. The summed E-state index contributed by atoms with van der Waals surface area (Å²) in [4.78, 5) is 10.2. The van der Waals surface area contributed by atoms with E-state index < -0.39 is 5.97 Å². The Morgan fingerprint density at radius 2 is 2.42 bits per heavy atom. The maximum atomic E-state index is 10.2. The summed E-state index contributed by atoms with van der Waals surface area (Å²) >= 11 is 0. The zero-order valence-electron chi connectivity index (χ0n) is 7.19. The Labute approximate surface area is 72.0 Å². The summed E-state index contributed by atoms with van der Waals surface area (Å²) in [6.45, 7) is 3.57. The monoisotopic (exact) mass is 170 g/mol. The molecule has 0 spiro atoms. The number of allylic oxidation sites excluding steroid dienone is 1. The van der Waals surface area contributed by atoms with Gasteiger partial charge in [0.2, 0.25) is 0 Å². The molecule has 1 N–H and O–H groups in total. The molecule has 1 aliphatic rings. The van der Waals surface area contributed by atoms with Gasteiger partial charge in [-0.2, -0.15) is 0 Å². The maximum Gasteiger partial charge on any atom is 0.327 e. The number of aliphatic carboxylic acids is 1. The molecule has 1 saturated heterocycles. The highest BCUT2D eigenvalue weighted by molar-refractivity contribution is 5.79. The number of carboxylic acids is 1. The summed E-state index contributed by atoms with van der Waals surface area (Å²) in [6, 6.07) is 0. The Morgan fingerprint density at radius 3 is 3.00 bits per heavy atom. The molecule has 1 fully saturated rings. The van der Waals surface area contributed by atoms with Crippen LogP contribution in [0, 0.1) is 11.8 Å². The standard InChI is InChI=1S/C9H14O3/c1-7-6-12-5-4-8(7)2-3-9(10)11/h2-3,7-8H,4-6H2,1H3,(H,10,11)/b3-2+. The molecular formula is C9H14O3. The van der Waals surface area contributed by atoms with Crippen molar-refractivity contribution in [3.63, 3.8) is 0 Å². The van der Waals surface area contributed by atoms with Crippen molar-refractivity contribution in [1.82, 2.24) is 0 Å². The second-order valence-corrected chi connectivity index (χ2v) is 3.20. The average molecular weight is 170 g/mol. The molecule has 0 aliphatic carbocycles. The summed E-state index contributed by atoms with van der Waals surface area (Å²) in [5, 5.41) is 8.41. The van der Waals surface area contributed by atoms with Crippen LogP contribution in [-0.4, -0.2) is 24.3 Å². The fourth-order valence-corrected chi connectivity index (χ4v) is 1.39. The van der Waals surface area contributed by atoms with E-state index in [1.54, 1.807) is 6.08 Å². The number of ether oxygens (including phenoxy) is 1. The van der Waals surface area contributed by atoms with Crippen LogP contribution in [0.4, 0.5) is 0 Å². The summed E-state index contributed by atoms with van der Waals surface area (Å²) in [7, 11) is 0. The van der Waals surface area contributed by atoms with E-state index in [1.807, 2.05) is 0 Å². The van der Waals surface area contributed by atoms with Gasteiger partial charge in [0, 0.05) is 19.3 Å². The molecule has 12 heavy (non-hydrogen) atoms. The zero-order valence-corrected chi connectivity index (χ0v) is 7.19. The van der Waals surface area contributed by atoms with Gasteiger partial charge in [0.15, 0.2) is 0 Å². The van der Waals surface area contributed by atoms with Crippen LogP contribution in [0.1, 0.15) is 13.3 Å². The fraction of sp³-hybridized carbons (Fsp3) is 0.667. The lowest BCUT2D eigenvalue weighted by Gasteiger charge is -2.25. The van der Waals surface area contributed by atoms with Gasteiger partial charge in [-0.15, -0.1) is 0 Å². The maximum absolute atomic E-state index is 10.2. The number of carboxylic acid groups (broad SMARTS) is 1. The summed E-state index contributed by atoms with van der Waals surface area (Å²) in [6.07, 6.45) is 3.94. The fourth-order valence-electron chi connectivity index (χ4n) is 1.39. The minimum Gasteiger partial charge on any atom is -0.478 e. The van der Waals surface area contributed by atoms with Gasteiger partial charge >= 0.3 is 5.97 Å². The Balaban J connectivity index is 2.43. The van der Waals surface area contributed by atoms with Crippen LogP contribution < -0.4 is 0 Å². The summed E-state index contributed by atoms with van der Waals surface area (Å²) in [5.74, 6) is -0.0575. The van der Waals surface area contributed by atoms with E-state index in [9.17, 15) is 4.79 Å². The molecule has 2 atom stereocenters. The van der Waals surface area contributed by atoms with Crippen molar-refractivity contribution in [3.8, 4) is 0 Å². The number of carbonyl (C=O) groups is 1. The molecule has 0 bridgehead atoms. The van der Waals surface area contributed by atoms with E-state index in [2.05, 4.69) is 6.92 Å². The molecule has 1 aliphatic heterocycles. The van der Waals surface area contributed by atoms with Crippen molar-refractivity contribution in [2.45, 2.75) is 13.3 Å². The molecule has 68 valence electrons. The molecule has 1 rings (SSSR count). The molecule has 3 nitrogen and oxygen atoms in total. The quantitative estimate of drug-likeness (QED) is 0.635. The third-order valence-corrected chi connectivity index (χ3v) is 2.19. The SMILES string of the molecule is CC1COCCC1/C=C/C(=O)O. The van der Waals surface area contributed by atoms with Crippen molar-refractivity contribution in [2.75, 3.05) is 13.2 Å². The second kappa shape index (κ2) is 4.26. The van der Waals surface area contributed by atoms with Crippen LogP contribution in [0.5, 0.6) is 0 Å². The minimum absolute atomic E-state index is 0.370. The minimum atomic E-state index is -0.867. The summed E-state index contributed by atoms with van der Waals surface area (Å²) < 4.78 is 5.24. The Kier molecular flexibility index (Phi) is 3.29. The van der Waals surface area contributed by atoms with Gasteiger partial charge in [0.25, 0.3) is 0 Å². The first kappa shape index (κ1) is 9.26. The summed E-state index contributed by atoms with van der Waals surface area (Å²) in [5.41, 5.74) is 0. The lowest BCUT2D eigenvalue weighted by atomic mass is 9.90. The van der Waals surface area contributed by atoms with Crippen molar-refractivity contribution in [1.29, 1.82) is 0 Å². The van der Waals surface area contributed by atoms with Gasteiger partial charge in [-0.3, -0.25) is 0 Å². The van der Waals surface area contributed by atoms with Gasteiger partial charge in [-0.25, -0.2) is 4.79 Å². The first-order valence-electron chi connectivity index (χ1n) is 4.19. The zero-order chi connectivity index (χ0) is 8.97. The van der Waals surface area contributed by atoms with Crippen LogP contribution in [0.2, 0.25) is 0 Å². The lowest BCUT2D eigenvalue weighted by molar-refractivity contribution is -0.131. The topological polar surface area (TPSA) is 46.5 Å². The molecular weight excluding hydrogens is 156 g/mol. The first-order valence-corrected chi connectivity index (χ1v) is 4.19. The Hall–Kier alpha value is -0.830. The molecule has 3 heteroatoms. The third kappa shape index (κ3) is 2.66. The molecule has 1 heterocycles. The van der Waals surface area contributed by atoms with Crippen molar-refractivity contribution in [2.24, 2.45) is 11.8 Å². The number of hydrogen-bond acceptors (Lipinski definition) is 2. The highest BCUT2D eigenvalue weighted by Gasteiger charge is 2.19. The Bertz CT molecular complexity index is 186. The van der Waals surface area contributed by atoms with Crippen LogP contribution in [0.15, 0.2) is 12.2 Å². The largest absolute Gasteiger partial charge is 0.478 e. The van der Waals surface area contributed by atoms with Crippen molar-refractivity contribution < 1.29 is 14.6 Å². The molecule has 0 saturated carbocycles. The van der Waals surface area contributed by atoms with Crippen molar-refractivity contribution >= 4 is 5.97 Å². The van der Waals surface area contributed by atoms with E-state index in [0.29, 0.717) is 11.8 Å². The average Bonchev–Trinajstić information content (AvgIpc) is 2.03. The van der Waals surface area contributed by atoms with Gasteiger partial charge < -0.3 is 9.84 Å². The van der Waals surface area contributed by atoms with Crippen LogP contribution in [0.25, 0.3) is 0 Å². The van der Waals surface area contributed by atoms with Gasteiger partial charge in [-0.05, 0) is 18.3 Å². The highest BCUT2D eigenvalue weighted by Crippen LogP contribution is 2.22.